The summed E-state index contributed by atoms with van der Waals surface area (Å²) >= 11 is 0. The lowest BCUT2D eigenvalue weighted by molar-refractivity contribution is -0.148. The molecule has 0 aromatic heterocycles. The van der Waals surface area contributed by atoms with E-state index in [0.29, 0.717) is 17.9 Å². The number of nitrogens with two attached hydrogens (primary N) is 1. The van der Waals surface area contributed by atoms with Crippen LogP contribution in [0.4, 0.5) is 0 Å². The Labute approximate surface area is 85.0 Å². The maximum atomic E-state index is 11.4. The van der Waals surface area contributed by atoms with Crippen LogP contribution in [0.1, 0.15) is 32.1 Å². The average Bonchev–Trinajstić information content (AvgIpc) is 2.14. The van der Waals surface area contributed by atoms with Gasteiger partial charge in [-0.05, 0) is 43.9 Å². The van der Waals surface area contributed by atoms with Crippen molar-refractivity contribution in [2.75, 3.05) is 7.11 Å². The number of hydrogen-bond donors (Lipinski definition) is 1. The third kappa shape index (κ3) is 1.92. The van der Waals surface area contributed by atoms with E-state index in [0.717, 1.165) is 25.7 Å². The summed E-state index contributed by atoms with van der Waals surface area (Å²) in [6, 6.07) is 0.373. The minimum absolute atomic E-state index is 0.0184. The van der Waals surface area contributed by atoms with Crippen molar-refractivity contribution in [3.63, 3.8) is 0 Å². The van der Waals surface area contributed by atoms with Crippen molar-refractivity contribution in [1.29, 1.82) is 0 Å². The van der Waals surface area contributed by atoms with Crippen LogP contribution in [0.5, 0.6) is 0 Å². The van der Waals surface area contributed by atoms with Crippen molar-refractivity contribution in [2.45, 2.75) is 38.1 Å². The molecular weight excluding hydrogens is 178 g/mol. The molecule has 14 heavy (non-hydrogen) atoms. The molecular formula is C11H19NO2. The molecule has 2 aliphatic carbocycles. The number of methoxy groups -OCH3 is 1. The Balaban J connectivity index is 1.98. The lowest BCUT2D eigenvalue weighted by Crippen LogP contribution is -2.39. The number of hydrogen-bond acceptors (Lipinski definition) is 3. The second-order valence-corrected chi connectivity index (χ2v) is 4.89. The lowest BCUT2D eigenvalue weighted by Gasteiger charge is -2.40. The average molecular weight is 197 g/mol. The monoisotopic (exact) mass is 197 g/mol. The van der Waals surface area contributed by atoms with E-state index in [1.807, 2.05) is 0 Å². The zero-order chi connectivity index (χ0) is 10.1. The molecule has 2 saturated carbocycles. The number of rotatable bonds is 1. The summed E-state index contributed by atoms with van der Waals surface area (Å²) in [6.07, 6.45) is 5.48. The van der Waals surface area contributed by atoms with Crippen molar-refractivity contribution in [3.8, 4) is 0 Å². The smallest absolute Gasteiger partial charge is 0.308 e. The van der Waals surface area contributed by atoms with Crippen LogP contribution in [0.25, 0.3) is 0 Å². The lowest BCUT2D eigenvalue weighted by atomic mass is 9.67. The van der Waals surface area contributed by atoms with E-state index < -0.39 is 0 Å². The Kier molecular flexibility index (Phi) is 2.77. The van der Waals surface area contributed by atoms with Crippen LogP contribution in [0.3, 0.4) is 0 Å². The molecule has 0 aromatic rings. The molecule has 0 radical (unpaired) electrons. The number of esters is 1. The van der Waals surface area contributed by atoms with E-state index in [9.17, 15) is 4.79 Å². The fraction of sp³-hybridized carbons (Fsp3) is 0.909. The van der Waals surface area contributed by atoms with Gasteiger partial charge in [0, 0.05) is 6.04 Å². The molecule has 0 saturated heterocycles. The molecule has 0 aromatic carbocycles. The van der Waals surface area contributed by atoms with Gasteiger partial charge in [0.1, 0.15) is 0 Å². The minimum Gasteiger partial charge on any atom is -0.469 e. The van der Waals surface area contributed by atoms with Crippen LogP contribution in [0, 0.1) is 17.8 Å². The maximum Gasteiger partial charge on any atom is 0.308 e. The van der Waals surface area contributed by atoms with Gasteiger partial charge in [-0.3, -0.25) is 4.79 Å². The van der Waals surface area contributed by atoms with Crippen LogP contribution < -0.4 is 5.73 Å². The molecule has 2 bridgehead atoms. The number of fused-ring (bicyclic) bond motifs is 2. The summed E-state index contributed by atoms with van der Waals surface area (Å²) in [5.41, 5.74) is 5.96. The van der Waals surface area contributed by atoms with Gasteiger partial charge < -0.3 is 10.5 Å². The summed E-state index contributed by atoms with van der Waals surface area (Å²) < 4.78 is 4.81. The molecule has 3 nitrogen and oxygen atoms in total. The van der Waals surface area contributed by atoms with Gasteiger partial charge >= 0.3 is 5.97 Å². The fourth-order valence-electron chi connectivity index (χ4n) is 3.26. The van der Waals surface area contributed by atoms with Gasteiger partial charge in [0.2, 0.25) is 0 Å². The molecule has 2 aliphatic rings. The molecule has 0 unspecified atom stereocenters. The van der Waals surface area contributed by atoms with Crippen molar-refractivity contribution in [1.82, 2.24) is 0 Å². The predicted molar refractivity (Wildman–Crippen MR) is 53.5 cm³/mol. The summed E-state index contributed by atoms with van der Waals surface area (Å²) in [5, 5.41) is 0. The van der Waals surface area contributed by atoms with Crippen LogP contribution in [-0.2, 0) is 9.53 Å². The first-order valence-electron chi connectivity index (χ1n) is 5.52. The zero-order valence-corrected chi connectivity index (χ0v) is 8.74. The van der Waals surface area contributed by atoms with Crippen molar-refractivity contribution >= 4 is 5.97 Å². The van der Waals surface area contributed by atoms with Crippen LogP contribution >= 0.6 is 0 Å². The SMILES string of the molecule is COC(=O)[C@H]1C[C@@H]2C[C@@H](N)C[C@@H](C2)C1. The quantitative estimate of drug-likeness (QED) is 0.645. The standard InChI is InChI=1S/C11H19NO2/c1-14-11(13)9-3-7-2-8(4-9)6-10(12)5-7/h7-10H,2-6,12H2,1H3/t7-,8+,9+,10-. The van der Waals surface area contributed by atoms with Crippen LogP contribution in [0.15, 0.2) is 0 Å². The second kappa shape index (κ2) is 3.89. The second-order valence-electron chi connectivity index (χ2n) is 4.89. The Hall–Kier alpha value is -0.570. The van der Waals surface area contributed by atoms with E-state index in [2.05, 4.69) is 0 Å². The molecule has 0 spiro atoms. The zero-order valence-electron chi connectivity index (χ0n) is 8.74. The molecule has 80 valence electrons. The number of carbonyl (C=O) groups excluding carboxylic acids is 1. The van der Waals surface area contributed by atoms with E-state index in [4.69, 9.17) is 10.5 Å². The molecule has 2 N–H and O–H groups in total. The normalized spacial score (nSPS) is 41.9. The topological polar surface area (TPSA) is 52.3 Å². The summed E-state index contributed by atoms with van der Waals surface area (Å²) in [5.74, 6) is 1.47. The molecule has 0 aliphatic heterocycles. The highest BCUT2D eigenvalue weighted by Crippen LogP contribution is 2.42. The van der Waals surface area contributed by atoms with E-state index in [1.54, 1.807) is 0 Å². The Morgan fingerprint density at radius 3 is 2.21 bits per heavy atom. The first-order chi connectivity index (χ1) is 6.69. The van der Waals surface area contributed by atoms with E-state index in [-0.39, 0.29) is 11.9 Å². The summed E-state index contributed by atoms with van der Waals surface area (Å²) in [6.45, 7) is 0. The Morgan fingerprint density at radius 1 is 1.14 bits per heavy atom. The first kappa shape index (κ1) is 9.97. The largest absolute Gasteiger partial charge is 0.469 e. The highest BCUT2D eigenvalue weighted by atomic mass is 16.5. The van der Waals surface area contributed by atoms with Gasteiger partial charge in [-0.1, -0.05) is 0 Å². The van der Waals surface area contributed by atoms with Crippen molar-refractivity contribution in [2.24, 2.45) is 23.5 Å². The van der Waals surface area contributed by atoms with Crippen molar-refractivity contribution in [3.05, 3.63) is 0 Å². The molecule has 2 rings (SSSR count). The predicted octanol–water partition coefficient (Wildman–Crippen LogP) is 1.31. The number of carbonyl (C=O) groups is 1. The van der Waals surface area contributed by atoms with Crippen molar-refractivity contribution < 1.29 is 9.53 Å². The summed E-state index contributed by atoms with van der Waals surface area (Å²) in [4.78, 5) is 11.4. The maximum absolute atomic E-state index is 11.4. The van der Waals surface area contributed by atoms with Gasteiger partial charge in [-0.25, -0.2) is 0 Å². The van der Waals surface area contributed by atoms with Crippen LogP contribution in [0.2, 0.25) is 0 Å². The van der Waals surface area contributed by atoms with Gasteiger partial charge in [0.05, 0.1) is 13.0 Å². The van der Waals surface area contributed by atoms with Crippen LogP contribution in [-0.4, -0.2) is 19.1 Å². The molecule has 2 fully saturated rings. The number of ether oxygens (including phenoxy) is 1. The van der Waals surface area contributed by atoms with E-state index in [1.165, 1.54) is 13.5 Å². The molecule has 3 heteroatoms. The highest BCUT2D eigenvalue weighted by Gasteiger charge is 2.37. The van der Waals surface area contributed by atoms with Gasteiger partial charge in [0.15, 0.2) is 0 Å². The fourth-order valence-corrected chi connectivity index (χ4v) is 3.26. The molecule has 0 amide bonds. The highest BCUT2D eigenvalue weighted by molar-refractivity contribution is 5.72. The Bertz CT molecular complexity index is 211. The van der Waals surface area contributed by atoms with Gasteiger partial charge in [-0.2, -0.15) is 0 Å². The van der Waals surface area contributed by atoms with E-state index >= 15 is 0 Å². The minimum atomic E-state index is -0.0184. The first-order valence-corrected chi connectivity index (χ1v) is 5.52. The van der Waals surface area contributed by atoms with Gasteiger partial charge in [0.25, 0.3) is 0 Å². The summed E-state index contributed by atoms with van der Waals surface area (Å²) in [7, 11) is 1.48. The third-order valence-electron chi connectivity index (χ3n) is 3.71. The van der Waals surface area contributed by atoms with Gasteiger partial charge in [-0.15, -0.1) is 0 Å². The molecule has 4 atom stereocenters. The molecule has 0 heterocycles. The Morgan fingerprint density at radius 2 is 1.71 bits per heavy atom. The third-order valence-corrected chi connectivity index (χ3v) is 3.71.